The molecule has 0 aliphatic heterocycles. The van der Waals surface area contributed by atoms with Gasteiger partial charge in [0.05, 0.1) is 11.7 Å². The van der Waals surface area contributed by atoms with E-state index < -0.39 is 0 Å². The van der Waals surface area contributed by atoms with Gasteiger partial charge in [-0.15, -0.1) is 0 Å². The number of para-hydroxylation sites is 1. The Morgan fingerprint density at radius 2 is 1.95 bits per heavy atom. The fraction of sp³-hybridized carbons (Fsp3) is 0.250. The molecule has 1 heterocycles. The van der Waals surface area contributed by atoms with Gasteiger partial charge in [0.25, 0.3) is 5.91 Å². The van der Waals surface area contributed by atoms with Crippen molar-refractivity contribution >= 4 is 11.7 Å². The molecule has 0 radical (unpaired) electrons. The summed E-state index contributed by atoms with van der Waals surface area (Å²) in [7, 11) is 0. The van der Waals surface area contributed by atoms with E-state index in [1.807, 2.05) is 39.0 Å². The quantitative estimate of drug-likeness (QED) is 0.926. The molecule has 0 unspecified atom stereocenters. The first-order chi connectivity index (χ1) is 9.56. The number of carbonyl (C=O) groups is 1. The Labute approximate surface area is 118 Å². The van der Waals surface area contributed by atoms with Gasteiger partial charge in [-0.2, -0.15) is 0 Å². The van der Waals surface area contributed by atoms with Crippen LogP contribution < -0.4 is 10.1 Å². The van der Waals surface area contributed by atoms with Crippen LogP contribution in [0.3, 0.4) is 0 Å². The van der Waals surface area contributed by atoms with Crippen LogP contribution in [0.5, 0.6) is 5.75 Å². The fourth-order valence-corrected chi connectivity index (χ4v) is 1.74. The molecule has 104 valence electrons. The predicted octanol–water partition coefficient (Wildman–Crippen LogP) is 3.43. The first-order valence-electron chi connectivity index (χ1n) is 6.56. The number of benzene rings is 1. The average molecular weight is 270 g/mol. The van der Waals surface area contributed by atoms with Crippen molar-refractivity contribution in [2.45, 2.75) is 26.9 Å². The summed E-state index contributed by atoms with van der Waals surface area (Å²) in [5.41, 5.74) is 1.55. The highest BCUT2D eigenvalue weighted by atomic mass is 16.5. The fourth-order valence-electron chi connectivity index (χ4n) is 1.74. The van der Waals surface area contributed by atoms with Crippen LogP contribution in [0.2, 0.25) is 0 Å². The molecule has 1 aromatic carbocycles. The molecule has 4 nitrogen and oxygen atoms in total. The monoisotopic (exact) mass is 270 g/mol. The number of nitrogens with one attached hydrogen (secondary N) is 1. The Balaban J connectivity index is 2.18. The van der Waals surface area contributed by atoms with E-state index in [0.29, 0.717) is 17.1 Å². The molecule has 0 bridgehead atoms. The van der Waals surface area contributed by atoms with Gasteiger partial charge in [-0.05, 0) is 44.5 Å². The van der Waals surface area contributed by atoms with E-state index in [-0.39, 0.29) is 12.0 Å². The number of hydrogen-bond acceptors (Lipinski definition) is 3. The van der Waals surface area contributed by atoms with Crippen LogP contribution in [-0.2, 0) is 0 Å². The molecule has 4 heteroatoms. The third-order valence-corrected chi connectivity index (χ3v) is 2.65. The highest BCUT2D eigenvalue weighted by Crippen LogP contribution is 2.20. The van der Waals surface area contributed by atoms with E-state index in [4.69, 9.17) is 4.74 Å². The van der Waals surface area contributed by atoms with Crippen molar-refractivity contribution < 1.29 is 9.53 Å². The molecule has 20 heavy (non-hydrogen) atoms. The number of aryl methyl sites for hydroxylation is 1. The SMILES string of the molecule is Cc1ccc(NC(=O)c2ccccc2OC(C)C)nc1. The lowest BCUT2D eigenvalue weighted by Crippen LogP contribution is -2.16. The molecule has 0 aliphatic carbocycles. The molecule has 1 amide bonds. The van der Waals surface area contributed by atoms with Crippen molar-refractivity contribution in [1.29, 1.82) is 0 Å². The lowest BCUT2D eigenvalue weighted by molar-refractivity contribution is 0.102. The minimum Gasteiger partial charge on any atom is -0.490 e. The maximum Gasteiger partial charge on any atom is 0.260 e. The Morgan fingerprint density at radius 3 is 2.60 bits per heavy atom. The van der Waals surface area contributed by atoms with Crippen molar-refractivity contribution in [2.75, 3.05) is 5.32 Å². The Morgan fingerprint density at radius 1 is 1.20 bits per heavy atom. The van der Waals surface area contributed by atoms with Gasteiger partial charge in [0.2, 0.25) is 0 Å². The number of anilines is 1. The van der Waals surface area contributed by atoms with E-state index >= 15 is 0 Å². The zero-order valence-electron chi connectivity index (χ0n) is 11.9. The van der Waals surface area contributed by atoms with Gasteiger partial charge >= 0.3 is 0 Å². The predicted molar refractivity (Wildman–Crippen MR) is 79.1 cm³/mol. The molecular weight excluding hydrogens is 252 g/mol. The number of hydrogen-bond donors (Lipinski definition) is 1. The second kappa shape index (κ2) is 6.19. The molecule has 1 N–H and O–H groups in total. The number of pyridine rings is 1. The molecule has 0 saturated heterocycles. The zero-order valence-corrected chi connectivity index (χ0v) is 11.9. The summed E-state index contributed by atoms with van der Waals surface area (Å²) in [6.07, 6.45) is 1.73. The smallest absolute Gasteiger partial charge is 0.260 e. The van der Waals surface area contributed by atoms with Gasteiger partial charge in [-0.25, -0.2) is 4.98 Å². The minimum absolute atomic E-state index is 0.0152. The molecular formula is C16H18N2O2. The Bertz CT molecular complexity index is 592. The molecule has 0 saturated carbocycles. The van der Waals surface area contributed by atoms with Crippen LogP contribution in [0.15, 0.2) is 42.6 Å². The summed E-state index contributed by atoms with van der Waals surface area (Å²) in [6, 6.07) is 10.9. The number of amides is 1. The zero-order chi connectivity index (χ0) is 14.5. The van der Waals surface area contributed by atoms with Crippen molar-refractivity contribution in [2.24, 2.45) is 0 Å². The molecule has 2 aromatic rings. The largest absolute Gasteiger partial charge is 0.490 e. The summed E-state index contributed by atoms with van der Waals surface area (Å²) in [4.78, 5) is 16.4. The van der Waals surface area contributed by atoms with Crippen LogP contribution in [-0.4, -0.2) is 17.0 Å². The van der Waals surface area contributed by atoms with Gasteiger partial charge in [-0.3, -0.25) is 4.79 Å². The van der Waals surface area contributed by atoms with Crippen LogP contribution in [0, 0.1) is 6.92 Å². The first-order valence-corrected chi connectivity index (χ1v) is 6.56. The van der Waals surface area contributed by atoms with Gasteiger partial charge in [-0.1, -0.05) is 18.2 Å². The molecule has 0 atom stereocenters. The minimum atomic E-state index is -0.224. The Kier molecular flexibility index (Phi) is 4.35. The molecule has 2 rings (SSSR count). The van der Waals surface area contributed by atoms with E-state index in [0.717, 1.165) is 5.56 Å². The van der Waals surface area contributed by atoms with Crippen molar-refractivity contribution in [1.82, 2.24) is 4.98 Å². The van der Waals surface area contributed by atoms with E-state index in [1.54, 1.807) is 24.4 Å². The highest BCUT2D eigenvalue weighted by molar-refractivity contribution is 6.05. The summed E-state index contributed by atoms with van der Waals surface area (Å²) in [6.45, 7) is 5.80. The van der Waals surface area contributed by atoms with Crippen molar-refractivity contribution in [3.05, 3.63) is 53.7 Å². The number of aromatic nitrogens is 1. The highest BCUT2D eigenvalue weighted by Gasteiger charge is 2.13. The number of ether oxygens (including phenoxy) is 1. The molecule has 0 fully saturated rings. The maximum atomic E-state index is 12.3. The summed E-state index contributed by atoms with van der Waals surface area (Å²) < 4.78 is 5.64. The van der Waals surface area contributed by atoms with Crippen molar-refractivity contribution in [3.8, 4) is 5.75 Å². The van der Waals surface area contributed by atoms with Gasteiger partial charge < -0.3 is 10.1 Å². The third-order valence-electron chi connectivity index (χ3n) is 2.65. The van der Waals surface area contributed by atoms with Crippen LogP contribution >= 0.6 is 0 Å². The number of nitrogens with zero attached hydrogens (tertiary/aromatic N) is 1. The normalized spacial score (nSPS) is 10.4. The van der Waals surface area contributed by atoms with Gasteiger partial charge in [0.1, 0.15) is 11.6 Å². The second-order valence-corrected chi connectivity index (χ2v) is 4.84. The van der Waals surface area contributed by atoms with Gasteiger partial charge in [0, 0.05) is 6.20 Å². The van der Waals surface area contributed by atoms with Gasteiger partial charge in [0.15, 0.2) is 0 Å². The van der Waals surface area contributed by atoms with E-state index in [1.165, 1.54) is 0 Å². The summed E-state index contributed by atoms with van der Waals surface area (Å²) in [5, 5.41) is 2.77. The number of carbonyl (C=O) groups excluding carboxylic acids is 1. The summed E-state index contributed by atoms with van der Waals surface area (Å²) >= 11 is 0. The average Bonchev–Trinajstić information content (AvgIpc) is 2.41. The summed E-state index contributed by atoms with van der Waals surface area (Å²) in [5.74, 6) is 0.879. The number of rotatable bonds is 4. The molecule has 0 aliphatic rings. The van der Waals surface area contributed by atoms with E-state index in [9.17, 15) is 4.79 Å². The van der Waals surface area contributed by atoms with Crippen molar-refractivity contribution in [3.63, 3.8) is 0 Å². The van der Waals surface area contributed by atoms with E-state index in [2.05, 4.69) is 10.3 Å². The van der Waals surface area contributed by atoms with Crippen LogP contribution in [0.1, 0.15) is 29.8 Å². The lowest BCUT2D eigenvalue weighted by Gasteiger charge is -2.13. The molecule has 1 aromatic heterocycles. The van der Waals surface area contributed by atoms with Crippen LogP contribution in [0.25, 0.3) is 0 Å². The second-order valence-electron chi connectivity index (χ2n) is 4.84. The third kappa shape index (κ3) is 3.57. The standard InChI is InChI=1S/C16H18N2O2/c1-11(2)20-14-7-5-4-6-13(14)16(19)18-15-9-8-12(3)10-17-15/h4-11H,1-3H3,(H,17,18,19). The molecule has 0 spiro atoms. The van der Waals surface area contributed by atoms with Crippen LogP contribution in [0.4, 0.5) is 5.82 Å². The first kappa shape index (κ1) is 14.1. The topological polar surface area (TPSA) is 51.2 Å². The maximum absolute atomic E-state index is 12.3. The lowest BCUT2D eigenvalue weighted by atomic mass is 10.2. The Hall–Kier alpha value is -2.36.